The van der Waals surface area contributed by atoms with Crippen LogP contribution in [0, 0.1) is 0 Å². The third-order valence-corrected chi connectivity index (χ3v) is 17.9. The average molecular weight is 1430 g/mol. The van der Waals surface area contributed by atoms with Crippen molar-refractivity contribution in [3.8, 4) is 46.0 Å². The molecule has 8 heterocycles. The standard InChI is InChI=1S/4C19H9F3O4/c20-19(21,22)10-2-3-11-16(6-10)26-15-5-9-1-4-14-18(25-8-24-14)12(9)7-13(15)17(11)23;20-19(21,22)10-2-4-14-12(6-10)17(23)13-7-11-9(5-16(13)26-14)1-3-15-18(11)25-8-24-15;20-19(21,22)12-2-1-3-13-16(12)17(23)11-7-10-9(6-15(11)26-13)4-5-14-18(10)25-8-24-14;20-19(21,22)13-3-1-2-10-16(23)12-7-11-9(6-15(12)26-17(10)13)4-5-14-18(11)25-8-24-14/h4*1-7H,8H2. The molecule has 0 aliphatic carbocycles. The Bertz CT molecular complexity index is 6610. The van der Waals surface area contributed by atoms with Crippen molar-refractivity contribution in [1.82, 2.24) is 0 Å². The monoisotopic (exact) mass is 1430 g/mol. The molecule has 104 heavy (non-hydrogen) atoms. The van der Waals surface area contributed by atoms with Gasteiger partial charge in [-0.15, -0.1) is 0 Å². The SMILES string of the molecule is O=c1c2cc(C(F)(F)F)ccc2oc2cc3ccc4c(c3cc12)OCO4.O=c1c2cc3c4c(ccc3cc2oc2c(C(F)(F)F)cccc12)OCO4.O=c1c2cc3c4c(ccc3cc2oc2cccc(C(F)(F)F)c12)OCO4.O=c1c2ccc(C(F)(F)F)cc2oc2cc3ccc4c(c3cc12)OCO4. The third-order valence-electron chi connectivity index (χ3n) is 17.9. The highest BCUT2D eigenvalue weighted by molar-refractivity contribution is 6.07. The summed E-state index contributed by atoms with van der Waals surface area (Å²) in [4.78, 5) is 51.3. The second-order valence-corrected chi connectivity index (χ2v) is 24.0. The molecule has 0 amide bonds. The lowest BCUT2D eigenvalue weighted by molar-refractivity contribution is -0.138. The Kier molecular flexibility index (Phi) is 14.5. The van der Waals surface area contributed by atoms with E-state index in [1.807, 2.05) is 0 Å². The highest BCUT2D eigenvalue weighted by Crippen LogP contribution is 2.47. The molecule has 0 N–H and O–H groups in total. The first kappa shape index (κ1) is 64.5. The summed E-state index contributed by atoms with van der Waals surface area (Å²) in [6.07, 6.45) is -18.3. The van der Waals surface area contributed by atoms with Crippen molar-refractivity contribution in [2.75, 3.05) is 27.2 Å². The van der Waals surface area contributed by atoms with Crippen LogP contribution in [-0.4, -0.2) is 27.2 Å². The van der Waals surface area contributed by atoms with Gasteiger partial charge in [-0.1, -0.05) is 36.4 Å². The van der Waals surface area contributed by atoms with Gasteiger partial charge in [0.05, 0.1) is 65.3 Å². The molecule has 0 radical (unpaired) electrons. The zero-order valence-electron chi connectivity index (χ0n) is 52.1. The van der Waals surface area contributed by atoms with E-state index < -0.39 is 79.6 Å². The van der Waals surface area contributed by atoms with Gasteiger partial charge in [0.25, 0.3) is 0 Å². The third kappa shape index (κ3) is 10.8. The van der Waals surface area contributed by atoms with Crippen LogP contribution in [0.3, 0.4) is 0 Å². The molecule has 20 rings (SSSR count). The highest BCUT2D eigenvalue weighted by atomic mass is 19.4. The number of alkyl halides is 12. The summed E-state index contributed by atoms with van der Waals surface area (Å²) in [6, 6.07) is 39.4. The van der Waals surface area contributed by atoms with Crippen LogP contribution < -0.4 is 59.6 Å². The Hall–Kier alpha value is -12.9. The van der Waals surface area contributed by atoms with Crippen LogP contribution in [0.5, 0.6) is 46.0 Å². The van der Waals surface area contributed by atoms with Gasteiger partial charge in [0.2, 0.25) is 48.9 Å². The summed E-state index contributed by atoms with van der Waals surface area (Å²) in [7, 11) is 0. The first-order valence-electron chi connectivity index (χ1n) is 30.9. The number of rotatable bonds is 0. The largest absolute Gasteiger partial charge is 0.456 e. The van der Waals surface area contributed by atoms with Gasteiger partial charge in [0.15, 0.2) is 51.6 Å². The predicted molar refractivity (Wildman–Crippen MR) is 354 cm³/mol. The Labute approximate surface area is 567 Å². The van der Waals surface area contributed by atoms with Crippen LogP contribution in [0.1, 0.15) is 22.3 Å². The number of ether oxygens (including phenoxy) is 8. The Morgan fingerprint density at radius 1 is 0.250 bits per heavy atom. The lowest BCUT2D eigenvalue weighted by atomic mass is 10.0. The Morgan fingerprint density at radius 3 is 1.06 bits per heavy atom. The van der Waals surface area contributed by atoms with Crippen molar-refractivity contribution in [3.05, 3.63) is 233 Å². The summed E-state index contributed by atoms with van der Waals surface area (Å²) >= 11 is 0. The van der Waals surface area contributed by atoms with Gasteiger partial charge < -0.3 is 55.6 Å². The second-order valence-electron chi connectivity index (χ2n) is 24.0. The maximum absolute atomic E-state index is 13.3. The van der Waals surface area contributed by atoms with E-state index in [9.17, 15) is 71.9 Å². The van der Waals surface area contributed by atoms with E-state index in [0.717, 1.165) is 58.6 Å². The van der Waals surface area contributed by atoms with Gasteiger partial charge in [-0.2, -0.15) is 52.7 Å². The highest BCUT2D eigenvalue weighted by Gasteiger charge is 2.37. The zero-order chi connectivity index (χ0) is 72.2. The molecular formula is C76H36F12O16. The van der Waals surface area contributed by atoms with Crippen LogP contribution in [0.15, 0.2) is 207 Å². The first-order chi connectivity index (χ1) is 49.7. The Balaban J connectivity index is 0.000000103. The number of fused-ring (bicyclic) bond motifs is 20. The molecule has 0 spiro atoms. The van der Waals surface area contributed by atoms with Gasteiger partial charge in [0, 0.05) is 21.5 Å². The smallest absolute Gasteiger partial charge is 0.420 e. The molecule has 0 fully saturated rings. The van der Waals surface area contributed by atoms with Crippen LogP contribution in [0.2, 0.25) is 0 Å². The van der Waals surface area contributed by atoms with Crippen molar-refractivity contribution >= 4 is 131 Å². The average Bonchev–Trinajstić information content (AvgIpc) is 1.41. The number of hydrogen-bond acceptors (Lipinski definition) is 16. The lowest BCUT2D eigenvalue weighted by Crippen LogP contribution is -2.12. The van der Waals surface area contributed by atoms with Crippen molar-refractivity contribution in [2.45, 2.75) is 24.7 Å². The van der Waals surface area contributed by atoms with Gasteiger partial charge in [-0.3, -0.25) is 19.2 Å². The van der Waals surface area contributed by atoms with Crippen LogP contribution in [0.4, 0.5) is 52.7 Å². The van der Waals surface area contributed by atoms with Gasteiger partial charge in [-0.05, 0) is 155 Å². The molecule has 12 aromatic carbocycles. The molecule has 4 aromatic heterocycles. The van der Waals surface area contributed by atoms with E-state index in [0.29, 0.717) is 78.5 Å². The number of benzene rings is 12. The van der Waals surface area contributed by atoms with Crippen LogP contribution >= 0.6 is 0 Å². The van der Waals surface area contributed by atoms with E-state index in [1.165, 1.54) is 36.4 Å². The van der Waals surface area contributed by atoms with Crippen molar-refractivity contribution < 1.29 is 108 Å². The lowest BCUT2D eigenvalue weighted by Gasteiger charge is -2.11. The molecule has 0 atom stereocenters. The van der Waals surface area contributed by atoms with Gasteiger partial charge in [-0.25, -0.2) is 0 Å². The Morgan fingerprint density at radius 2 is 0.606 bits per heavy atom. The minimum Gasteiger partial charge on any atom is -0.456 e. The number of halogens is 12. The molecule has 520 valence electrons. The van der Waals surface area contributed by atoms with Crippen LogP contribution in [0.25, 0.3) is 131 Å². The second kappa shape index (κ2) is 23.3. The molecule has 0 unspecified atom stereocenters. The minimum absolute atomic E-state index is 0.0526. The molecule has 4 aliphatic heterocycles. The summed E-state index contributed by atoms with van der Waals surface area (Å²) in [6.45, 7) is 0.303. The zero-order valence-corrected chi connectivity index (χ0v) is 52.1. The molecular weight excluding hydrogens is 1400 g/mol. The first-order valence-corrected chi connectivity index (χ1v) is 30.9. The summed E-state index contributed by atoms with van der Waals surface area (Å²) in [5.74, 6) is 4.24. The van der Waals surface area contributed by atoms with Crippen molar-refractivity contribution in [3.63, 3.8) is 0 Å². The molecule has 16 nitrogen and oxygen atoms in total. The molecule has 28 heteroatoms. The normalized spacial score (nSPS) is 13.8. The van der Waals surface area contributed by atoms with E-state index in [4.69, 9.17) is 55.6 Å². The predicted octanol–water partition coefficient (Wildman–Crippen LogP) is 19.4. The van der Waals surface area contributed by atoms with E-state index in [2.05, 4.69) is 0 Å². The number of hydrogen-bond donors (Lipinski definition) is 0. The van der Waals surface area contributed by atoms with E-state index >= 15 is 0 Å². The molecule has 0 bridgehead atoms. The molecule has 0 saturated carbocycles. The summed E-state index contributed by atoms with van der Waals surface area (Å²) < 4.78 is 223. The maximum Gasteiger partial charge on any atom is 0.420 e. The molecule has 16 aromatic rings. The molecule has 0 saturated heterocycles. The van der Waals surface area contributed by atoms with Crippen molar-refractivity contribution in [1.29, 1.82) is 0 Å². The number of para-hydroxylation sites is 1. The fourth-order valence-electron chi connectivity index (χ4n) is 13.0. The molecule has 4 aliphatic rings. The van der Waals surface area contributed by atoms with E-state index in [-0.39, 0.29) is 98.4 Å². The summed E-state index contributed by atoms with van der Waals surface area (Å²) in [5.41, 5.74) is -5.64. The van der Waals surface area contributed by atoms with Gasteiger partial charge >= 0.3 is 24.7 Å². The quantitative estimate of drug-likeness (QED) is 0.103. The van der Waals surface area contributed by atoms with E-state index in [1.54, 1.807) is 91.0 Å². The van der Waals surface area contributed by atoms with Crippen molar-refractivity contribution in [2.24, 2.45) is 0 Å². The fraction of sp³-hybridized carbons (Fsp3) is 0.105. The maximum atomic E-state index is 13.3. The fourth-order valence-corrected chi connectivity index (χ4v) is 13.0. The topological polar surface area (TPSA) is 195 Å². The minimum atomic E-state index is -4.66. The van der Waals surface area contributed by atoms with Crippen LogP contribution in [-0.2, 0) is 24.7 Å². The summed E-state index contributed by atoms with van der Waals surface area (Å²) in [5, 5.41) is 5.57. The van der Waals surface area contributed by atoms with Gasteiger partial charge in [0.1, 0.15) is 39.1 Å².